The maximum atomic E-state index is 12.0. The van der Waals surface area contributed by atoms with E-state index in [1.165, 1.54) is 0 Å². The van der Waals surface area contributed by atoms with Crippen LogP contribution in [0.5, 0.6) is 0 Å². The van der Waals surface area contributed by atoms with Crippen LogP contribution in [-0.4, -0.2) is 23.5 Å². The number of amides is 1. The lowest BCUT2D eigenvalue weighted by Gasteiger charge is -2.20. The average molecular weight is 312 g/mol. The molecular formula is C16H22ClNO3. The van der Waals surface area contributed by atoms with Gasteiger partial charge in [-0.1, -0.05) is 37.6 Å². The van der Waals surface area contributed by atoms with Crippen LogP contribution in [0.1, 0.15) is 43.5 Å². The Kier molecular flexibility index (Phi) is 7.23. The van der Waals surface area contributed by atoms with E-state index in [4.69, 9.17) is 16.7 Å². The molecule has 2 N–H and O–H groups in total. The first-order valence-electron chi connectivity index (χ1n) is 7.16. The first-order valence-corrected chi connectivity index (χ1v) is 7.54. The van der Waals surface area contributed by atoms with Crippen molar-refractivity contribution in [3.63, 3.8) is 0 Å². The summed E-state index contributed by atoms with van der Waals surface area (Å²) in [6.07, 6.45) is 1.57. The Morgan fingerprint density at radius 1 is 1.24 bits per heavy atom. The van der Waals surface area contributed by atoms with Crippen molar-refractivity contribution in [1.82, 2.24) is 5.32 Å². The first kappa shape index (κ1) is 17.5. The maximum absolute atomic E-state index is 12.0. The molecule has 0 aliphatic carbocycles. The molecule has 0 aromatic heterocycles. The maximum Gasteiger partial charge on any atom is 0.303 e. The van der Waals surface area contributed by atoms with Crippen LogP contribution in [0.3, 0.4) is 0 Å². The van der Waals surface area contributed by atoms with Gasteiger partial charge < -0.3 is 10.4 Å². The normalized spacial score (nSPS) is 12.2. The van der Waals surface area contributed by atoms with E-state index in [-0.39, 0.29) is 18.2 Å². The molecule has 5 heteroatoms. The molecule has 1 rings (SSSR count). The minimum Gasteiger partial charge on any atom is -0.481 e. The van der Waals surface area contributed by atoms with Crippen molar-refractivity contribution in [2.75, 3.05) is 6.54 Å². The van der Waals surface area contributed by atoms with Gasteiger partial charge in [0.1, 0.15) is 0 Å². The third kappa shape index (κ3) is 6.17. The van der Waals surface area contributed by atoms with Crippen LogP contribution in [0.15, 0.2) is 24.3 Å². The van der Waals surface area contributed by atoms with Crippen LogP contribution in [0.2, 0.25) is 5.02 Å². The standard InChI is InChI=1S/C16H22ClNO3/c1-11(2)12(7-8-15(19)20)9-10-18-16(21)13-5-3-4-6-14(13)17/h3-6,11-12H,7-10H2,1-2H3,(H,18,21)(H,19,20). The van der Waals surface area contributed by atoms with Crippen molar-refractivity contribution in [1.29, 1.82) is 0 Å². The largest absolute Gasteiger partial charge is 0.481 e. The number of benzene rings is 1. The van der Waals surface area contributed by atoms with Crippen LogP contribution in [0, 0.1) is 11.8 Å². The van der Waals surface area contributed by atoms with Crippen molar-refractivity contribution < 1.29 is 14.7 Å². The second kappa shape index (κ2) is 8.67. The Bertz CT molecular complexity index is 488. The quantitative estimate of drug-likeness (QED) is 0.771. The average Bonchev–Trinajstić information content (AvgIpc) is 2.42. The zero-order chi connectivity index (χ0) is 15.8. The summed E-state index contributed by atoms with van der Waals surface area (Å²) in [6.45, 7) is 4.66. The van der Waals surface area contributed by atoms with E-state index in [1.807, 2.05) is 0 Å². The zero-order valence-electron chi connectivity index (χ0n) is 12.4. The number of aliphatic carboxylic acids is 1. The molecule has 116 valence electrons. The molecule has 1 aromatic carbocycles. The van der Waals surface area contributed by atoms with Gasteiger partial charge in [0.2, 0.25) is 0 Å². The summed E-state index contributed by atoms with van der Waals surface area (Å²) in [6, 6.07) is 6.91. The summed E-state index contributed by atoms with van der Waals surface area (Å²) in [7, 11) is 0. The Hall–Kier alpha value is -1.55. The highest BCUT2D eigenvalue weighted by atomic mass is 35.5. The van der Waals surface area contributed by atoms with Crippen molar-refractivity contribution in [3.05, 3.63) is 34.9 Å². The topological polar surface area (TPSA) is 66.4 Å². The molecule has 0 saturated heterocycles. The summed E-state index contributed by atoms with van der Waals surface area (Å²) in [5.74, 6) is -0.295. The number of nitrogens with one attached hydrogen (secondary N) is 1. The Balaban J connectivity index is 2.45. The lowest BCUT2D eigenvalue weighted by Crippen LogP contribution is -2.27. The molecule has 1 unspecified atom stereocenters. The van der Waals surface area contributed by atoms with Crippen molar-refractivity contribution >= 4 is 23.5 Å². The minimum atomic E-state index is -0.777. The summed E-state index contributed by atoms with van der Waals surface area (Å²) >= 11 is 5.97. The molecule has 1 atom stereocenters. The lowest BCUT2D eigenvalue weighted by molar-refractivity contribution is -0.137. The number of halogens is 1. The van der Waals surface area contributed by atoms with Gasteiger partial charge in [-0.2, -0.15) is 0 Å². The van der Waals surface area contributed by atoms with Gasteiger partial charge in [-0.05, 0) is 36.8 Å². The summed E-state index contributed by atoms with van der Waals surface area (Å²) in [4.78, 5) is 22.6. The number of carboxylic acids is 1. The predicted octanol–water partition coefficient (Wildman–Crippen LogP) is 3.60. The number of carboxylic acid groups (broad SMARTS) is 1. The Morgan fingerprint density at radius 2 is 1.90 bits per heavy atom. The van der Waals surface area contributed by atoms with E-state index in [2.05, 4.69) is 19.2 Å². The zero-order valence-corrected chi connectivity index (χ0v) is 13.2. The van der Waals surface area contributed by atoms with Gasteiger partial charge in [0, 0.05) is 13.0 Å². The van der Waals surface area contributed by atoms with Crippen LogP contribution in [0.4, 0.5) is 0 Å². The molecule has 1 amide bonds. The molecule has 1 aromatic rings. The summed E-state index contributed by atoms with van der Waals surface area (Å²) < 4.78 is 0. The predicted molar refractivity (Wildman–Crippen MR) is 83.6 cm³/mol. The highest BCUT2D eigenvalue weighted by Gasteiger charge is 2.16. The van der Waals surface area contributed by atoms with Gasteiger partial charge in [-0.3, -0.25) is 9.59 Å². The Morgan fingerprint density at radius 3 is 2.48 bits per heavy atom. The first-order chi connectivity index (χ1) is 9.91. The summed E-state index contributed by atoms with van der Waals surface area (Å²) in [5, 5.41) is 12.0. The molecule has 0 heterocycles. The fourth-order valence-corrected chi connectivity index (χ4v) is 2.45. The number of carbonyl (C=O) groups excluding carboxylic acids is 1. The number of rotatable bonds is 8. The van der Waals surface area contributed by atoms with Gasteiger partial charge in [-0.25, -0.2) is 0 Å². The highest BCUT2D eigenvalue weighted by Crippen LogP contribution is 2.21. The molecule has 0 aliphatic rings. The van der Waals surface area contributed by atoms with E-state index in [1.54, 1.807) is 24.3 Å². The van der Waals surface area contributed by atoms with Crippen LogP contribution in [0.25, 0.3) is 0 Å². The third-order valence-corrected chi connectivity index (χ3v) is 3.92. The van der Waals surface area contributed by atoms with Crippen molar-refractivity contribution in [2.24, 2.45) is 11.8 Å². The fourth-order valence-electron chi connectivity index (χ4n) is 2.23. The molecule has 0 bridgehead atoms. The molecule has 0 saturated carbocycles. The van der Waals surface area contributed by atoms with Gasteiger partial charge in [0.15, 0.2) is 0 Å². The highest BCUT2D eigenvalue weighted by molar-refractivity contribution is 6.33. The third-order valence-electron chi connectivity index (χ3n) is 3.59. The second-order valence-corrected chi connectivity index (χ2v) is 5.87. The van der Waals surface area contributed by atoms with Gasteiger partial charge in [0.25, 0.3) is 5.91 Å². The van der Waals surface area contributed by atoms with Crippen LogP contribution >= 0.6 is 11.6 Å². The number of hydrogen-bond acceptors (Lipinski definition) is 2. The van der Waals surface area contributed by atoms with Crippen molar-refractivity contribution in [3.8, 4) is 0 Å². The van der Waals surface area contributed by atoms with Gasteiger partial charge in [-0.15, -0.1) is 0 Å². The van der Waals surface area contributed by atoms with E-state index in [0.717, 1.165) is 6.42 Å². The van der Waals surface area contributed by atoms with E-state index >= 15 is 0 Å². The Labute approximate surface area is 130 Å². The summed E-state index contributed by atoms with van der Waals surface area (Å²) in [5.41, 5.74) is 0.464. The van der Waals surface area contributed by atoms with Gasteiger partial charge in [0.05, 0.1) is 10.6 Å². The molecule has 21 heavy (non-hydrogen) atoms. The van der Waals surface area contributed by atoms with Gasteiger partial charge >= 0.3 is 5.97 Å². The molecule has 0 spiro atoms. The number of carbonyl (C=O) groups is 2. The number of hydrogen-bond donors (Lipinski definition) is 2. The van der Waals surface area contributed by atoms with E-state index in [9.17, 15) is 9.59 Å². The molecule has 0 aliphatic heterocycles. The fraction of sp³-hybridized carbons (Fsp3) is 0.500. The second-order valence-electron chi connectivity index (χ2n) is 5.46. The smallest absolute Gasteiger partial charge is 0.303 e. The molecule has 4 nitrogen and oxygen atoms in total. The minimum absolute atomic E-state index is 0.168. The van der Waals surface area contributed by atoms with Crippen LogP contribution in [-0.2, 0) is 4.79 Å². The molecular weight excluding hydrogens is 290 g/mol. The SMILES string of the molecule is CC(C)C(CCNC(=O)c1ccccc1Cl)CCC(=O)O. The van der Waals surface area contributed by atoms with Crippen LogP contribution < -0.4 is 5.32 Å². The lowest BCUT2D eigenvalue weighted by atomic mass is 9.88. The molecule has 0 radical (unpaired) electrons. The monoisotopic (exact) mass is 311 g/mol. The molecule has 0 fully saturated rings. The van der Waals surface area contributed by atoms with Crippen molar-refractivity contribution in [2.45, 2.75) is 33.1 Å². The van der Waals surface area contributed by atoms with E-state index in [0.29, 0.717) is 29.5 Å². The van der Waals surface area contributed by atoms with E-state index < -0.39 is 5.97 Å².